The van der Waals surface area contributed by atoms with Gasteiger partial charge in [0.2, 0.25) is 5.78 Å². The van der Waals surface area contributed by atoms with Crippen LogP contribution in [0.15, 0.2) is 34.1 Å². The molecule has 0 radical (unpaired) electrons. The van der Waals surface area contributed by atoms with Crippen LogP contribution in [-0.4, -0.2) is 31.7 Å². The van der Waals surface area contributed by atoms with E-state index in [1.54, 1.807) is 6.07 Å². The third-order valence-corrected chi connectivity index (χ3v) is 4.64. The summed E-state index contributed by atoms with van der Waals surface area (Å²) in [6, 6.07) is 4.87. The third-order valence-electron chi connectivity index (χ3n) is 2.82. The van der Waals surface area contributed by atoms with Crippen LogP contribution in [0.4, 0.5) is 0 Å². The molecule has 0 spiro atoms. The zero-order valence-corrected chi connectivity index (χ0v) is 14.8. The Morgan fingerprint density at radius 3 is 2.39 bits per heavy atom. The quantitative estimate of drug-likeness (QED) is 0.352. The third kappa shape index (κ3) is 5.36. The van der Waals surface area contributed by atoms with Crippen LogP contribution in [0.2, 0.25) is 0 Å². The highest BCUT2D eigenvalue weighted by Gasteiger charge is 2.30. The molecule has 1 heterocycles. The van der Waals surface area contributed by atoms with Crippen molar-refractivity contribution < 1.29 is 22.8 Å². The first-order valence-electron chi connectivity index (χ1n) is 6.86. The zero-order valence-electron chi connectivity index (χ0n) is 13.9. The number of Topliss-reactive ketones (excluding diaryl/α,β-unsaturated/α-hetero) is 1. The lowest BCUT2D eigenvalue weighted by atomic mass is 10.0. The smallest absolute Gasteiger partial charge is 0.336 e. The number of carbonyl (C=O) groups excluding carboxylic acids is 1. The summed E-state index contributed by atoms with van der Waals surface area (Å²) in [6.45, 7) is 5.55. The van der Waals surface area contributed by atoms with Gasteiger partial charge in [0.15, 0.2) is 5.76 Å². The van der Waals surface area contributed by atoms with Crippen molar-refractivity contribution in [1.29, 1.82) is 5.26 Å². The summed E-state index contributed by atoms with van der Waals surface area (Å²) in [5.74, 6) is -0.567. The minimum atomic E-state index is -3.46. The van der Waals surface area contributed by atoms with Crippen LogP contribution in [0.5, 0.6) is 0 Å². The topological polar surface area (TPSA) is 102 Å². The minimum absolute atomic E-state index is 0.0272. The molecule has 0 saturated heterocycles. The van der Waals surface area contributed by atoms with Crippen LogP contribution in [0.25, 0.3) is 0 Å². The Hall–Kier alpha value is -1.87. The van der Waals surface area contributed by atoms with Crippen molar-refractivity contribution in [2.24, 2.45) is 0 Å². The van der Waals surface area contributed by atoms with Gasteiger partial charge in [-0.25, -0.2) is 0 Å². The van der Waals surface area contributed by atoms with Crippen LogP contribution in [0.1, 0.15) is 31.3 Å². The Bertz CT molecular complexity index is 657. The minimum Gasteiger partial charge on any atom is -0.461 e. The molecule has 1 aromatic heterocycles. The maximum absolute atomic E-state index is 12.4. The molecule has 0 aliphatic carbocycles. The molecular weight excluding hydrogens is 319 g/mol. The van der Waals surface area contributed by atoms with E-state index in [1.807, 2.05) is 26.8 Å². The molecule has 0 aliphatic rings. The zero-order chi connectivity index (χ0) is 17.7. The number of nitriles is 1. The molecule has 0 atom stereocenters. The summed E-state index contributed by atoms with van der Waals surface area (Å²) in [5, 5.41) is 12.5. The Balaban J connectivity index is 3.36. The number of nitrogens with one attached hydrogen (secondary N) is 1. The fourth-order valence-electron chi connectivity index (χ4n) is 1.82. The number of hydrogen-bond donors (Lipinski definition) is 1. The first-order valence-corrected chi connectivity index (χ1v) is 8.58. The number of rotatable bonds is 7. The number of carbonyl (C=O) groups is 1. The van der Waals surface area contributed by atoms with E-state index in [0.29, 0.717) is 0 Å². The van der Waals surface area contributed by atoms with E-state index < -0.39 is 18.9 Å². The Labute approximate surface area is 135 Å². The van der Waals surface area contributed by atoms with Crippen molar-refractivity contribution in [1.82, 2.24) is 5.32 Å². The number of furan rings is 1. The van der Waals surface area contributed by atoms with E-state index in [-0.39, 0.29) is 23.2 Å². The molecule has 0 saturated carbocycles. The van der Waals surface area contributed by atoms with Gasteiger partial charge >= 0.3 is 7.60 Å². The normalized spacial score (nSPS) is 13.2. The van der Waals surface area contributed by atoms with E-state index in [1.165, 1.54) is 26.5 Å². The van der Waals surface area contributed by atoms with Gasteiger partial charge in [0.1, 0.15) is 11.6 Å². The van der Waals surface area contributed by atoms with Gasteiger partial charge in [-0.3, -0.25) is 9.36 Å². The van der Waals surface area contributed by atoms with E-state index in [4.69, 9.17) is 13.5 Å². The van der Waals surface area contributed by atoms with Crippen molar-refractivity contribution in [2.75, 3.05) is 20.4 Å². The van der Waals surface area contributed by atoms with Crippen LogP contribution < -0.4 is 5.32 Å². The van der Waals surface area contributed by atoms with E-state index in [9.17, 15) is 14.6 Å². The van der Waals surface area contributed by atoms with E-state index >= 15 is 0 Å². The largest absolute Gasteiger partial charge is 0.461 e. The number of hydrogen-bond acceptors (Lipinski definition) is 7. The first kappa shape index (κ1) is 19.2. The summed E-state index contributed by atoms with van der Waals surface area (Å²) in [5.41, 5.74) is -0.467. The van der Waals surface area contributed by atoms with Gasteiger partial charge in [0, 0.05) is 25.5 Å². The van der Waals surface area contributed by atoms with Crippen LogP contribution >= 0.6 is 7.60 Å². The van der Waals surface area contributed by atoms with Gasteiger partial charge < -0.3 is 18.8 Å². The molecule has 0 aliphatic heterocycles. The lowest BCUT2D eigenvalue weighted by Gasteiger charge is -2.26. The van der Waals surface area contributed by atoms with Crippen molar-refractivity contribution in [3.05, 3.63) is 35.4 Å². The van der Waals surface area contributed by atoms with Crippen LogP contribution in [0.3, 0.4) is 0 Å². The van der Waals surface area contributed by atoms with Crippen molar-refractivity contribution in [2.45, 2.75) is 26.3 Å². The SMILES string of the molecule is COP(=O)(CC(NC(C)(C)C)=C(C#N)C(=O)c1ccco1)OC. The molecule has 1 rings (SSSR count). The van der Waals surface area contributed by atoms with Gasteiger partial charge in [-0.05, 0) is 32.9 Å². The Morgan fingerprint density at radius 2 is 2.00 bits per heavy atom. The monoisotopic (exact) mass is 340 g/mol. The summed E-state index contributed by atoms with van der Waals surface area (Å²) >= 11 is 0. The molecule has 8 heteroatoms. The van der Waals surface area contributed by atoms with Crippen LogP contribution in [-0.2, 0) is 13.6 Å². The molecule has 0 bridgehead atoms. The maximum atomic E-state index is 12.4. The second-order valence-electron chi connectivity index (χ2n) is 5.78. The number of nitrogens with zero attached hydrogens (tertiary/aromatic N) is 1. The molecule has 1 aromatic rings. The molecule has 0 amide bonds. The predicted octanol–water partition coefficient (Wildman–Crippen LogP) is 3.11. The van der Waals surface area contributed by atoms with Gasteiger partial charge in [0.05, 0.1) is 12.4 Å². The highest BCUT2D eigenvalue weighted by Crippen LogP contribution is 2.48. The fourth-order valence-corrected chi connectivity index (χ4v) is 2.85. The van der Waals surface area contributed by atoms with Crippen molar-refractivity contribution >= 4 is 13.4 Å². The second-order valence-corrected chi connectivity index (χ2v) is 8.05. The number of ketones is 1. The molecule has 7 nitrogen and oxygen atoms in total. The van der Waals surface area contributed by atoms with Gasteiger partial charge in [-0.2, -0.15) is 5.26 Å². The lowest BCUT2D eigenvalue weighted by Crippen LogP contribution is -2.37. The van der Waals surface area contributed by atoms with Crippen molar-refractivity contribution in [3.63, 3.8) is 0 Å². The van der Waals surface area contributed by atoms with Gasteiger partial charge in [-0.15, -0.1) is 0 Å². The maximum Gasteiger partial charge on any atom is 0.336 e. The molecule has 126 valence electrons. The lowest BCUT2D eigenvalue weighted by molar-refractivity contribution is 0.101. The predicted molar refractivity (Wildman–Crippen MR) is 85.1 cm³/mol. The highest BCUT2D eigenvalue weighted by atomic mass is 31.2. The first-order chi connectivity index (χ1) is 10.7. The number of allylic oxidation sites excluding steroid dienone is 2. The molecule has 0 unspecified atom stereocenters. The van der Waals surface area contributed by atoms with Crippen LogP contribution in [0, 0.1) is 11.3 Å². The average Bonchev–Trinajstić information content (AvgIpc) is 3.00. The van der Waals surface area contributed by atoms with E-state index in [0.717, 1.165) is 0 Å². The molecular formula is C15H21N2O5P. The average molecular weight is 340 g/mol. The summed E-state index contributed by atoms with van der Waals surface area (Å²) in [4.78, 5) is 12.4. The summed E-state index contributed by atoms with van der Waals surface area (Å²) < 4.78 is 27.3. The van der Waals surface area contributed by atoms with Gasteiger partial charge in [0.25, 0.3) is 0 Å². The Kier molecular flexibility index (Phi) is 6.34. The molecule has 0 fully saturated rings. The van der Waals surface area contributed by atoms with Crippen molar-refractivity contribution in [3.8, 4) is 6.07 Å². The standard InChI is InChI=1S/C15H21N2O5P/c1-15(2,3)17-12(10-23(19,20-4)21-5)11(9-16)14(18)13-7-6-8-22-13/h6-8,17H,10H2,1-5H3. The molecule has 1 N–H and O–H groups in total. The van der Waals surface area contributed by atoms with Gasteiger partial charge in [-0.1, -0.05) is 0 Å². The fraction of sp³-hybridized carbons (Fsp3) is 0.467. The highest BCUT2D eigenvalue weighted by molar-refractivity contribution is 7.54. The summed E-state index contributed by atoms with van der Waals surface area (Å²) in [7, 11) is -0.962. The second kappa shape index (κ2) is 7.60. The van der Waals surface area contributed by atoms with E-state index in [2.05, 4.69) is 5.32 Å². The molecule has 0 aromatic carbocycles. The summed E-state index contributed by atoms with van der Waals surface area (Å²) in [6.07, 6.45) is 1.11. The molecule has 23 heavy (non-hydrogen) atoms. The Morgan fingerprint density at radius 1 is 1.39 bits per heavy atom.